The Morgan fingerprint density at radius 2 is 0.790 bits per heavy atom. The summed E-state index contributed by atoms with van der Waals surface area (Å²) in [7, 11) is 5.29. The number of aromatic nitrogens is 6. The Morgan fingerprint density at radius 3 is 1.05 bits per heavy atom. The third-order valence-corrected chi connectivity index (χ3v) is 18.0. The maximum atomic E-state index is 12.1. The van der Waals surface area contributed by atoms with Gasteiger partial charge in [-0.25, -0.2) is 15.0 Å². The van der Waals surface area contributed by atoms with E-state index < -0.39 is 0 Å². The molecule has 0 radical (unpaired) electrons. The van der Waals surface area contributed by atoms with Gasteiger partial charge >= 0.3 is 0 Å². The highest BCUT2D eigenvalue weighted by Crippen LogP contribution is 2.53. The van der Waals surface area contributed by atoms with E-state index in [9.17, 15) is 14.4 Å². The summed E-state index contributed by atoms with van der Waals surface area (Å²) in [6.45, 7) is 21.8. The number of carbonyl (C=O) groups is 3. The van der Waals surface area contributed by atoms with Crippen molar-refractivity contribution in [3.05, 3.63) is 110 Å². The number of amides is 3. The number of hydrogen-bond acceptors (Lipinski definition) is 12. The van der Waals surface area contributed by atoms with Crippen molar-refractivity contribution in [2.75, 3.05) is 76.7 Å². The van der Waals surface area contributed by atoms with Crippen LogP contribution in [-0.2, 0) is 28.6 Å². The Bertz CT molecular complexity index is 2870. The number of piperidine rings is 3. The van der Waals surface area contributed by atoms with Crippen LogP contribution in [0.3, 0.4) is 0 Å². The van der Waals surface area contributed by atoms with E-state index in [4.69, 9.17) is 14.2 Å². The number of pyridine rings is 3. The van der Waals surface area contributed by atoms with Gasteiger partial charge in [-0.15, -0.1) is 0 Å². The number of fused-ring (bicyclic) bond motifs is 3. The molecule has 2 unspecified atom stereocenters. The van der Waals surface area contributed by atoms with Crippen molar-refractivity contribution in [1.29, 1.82) is 0 Å². The van der Waals surface area contributed by atoms with Crippen LogP contribution in [0.2, 0.25) is 0 Å². The van der Waals surface area contributed by atoms with Crippen molar-refractivity contribution >= 4 is 67.9 Å². The lowest BCUT2D eigenvalue weighted by Crippen LogP contribution is -2.49. The molecule has 6 fully saturated rings. The topological polar surface area (TPSA) is 211 Å². The first-order chi connectivity index (χ1) is 39.4. The predicted octanol–water partition coefficient (Wildman–Crippen LogP) is 9.87. The van der Waals surface area contributed by atoms with Crippen molar-refractivity contribution in [3.63, 3.8) is 0 Å². The minimum absolute atomic E-state index is 0.0107. The van der Waals surface area contributed by atoms with Gasteiger partial charge in [0.2, 0.25) is 17.7 Å². The molecule has 6 aromatic rings. The zero-order chi connectivity index (χ0) is 56.9. The average molecular weight is 1110 g/mol. The monoisotopic (exact) mass is 1100 g/mol. The van der Waals surface area contributed by atoms with Crippen LogP contribution in [-0.4, -0.2) is 159 Å². The maximum absolute atomic E-state index is 12.1. The second-order valence-electron chi connectivity index (χ2n) is 23.5. The first kappa shape index (κ1) is 57.2. The molecule has 0 aromatic carbocycles. The van der Waals surface area contributed by atoms with Crippen LogP contribution in [0.1, 0.15) is 113 Å². The van der Waals surface area contributed by atoms with Crippen LogP contribution < -0.4 is 16.0 Å². The van der Waals surface area contributed by atoms with E-state index in [1.54, 1.807) is 21.3 Å². The lowest BCUT2D eigenvalue weighted by molar-refractivity contribution is -0.130. The summed E-state index contributed by atoms with van der Waals surface area (Å²) in [4.78, 5) is 65.7. The summed E-state index contributed by atoms with van der Waals surface area (Å²) in [5.41, 5.74) is 10.0. The number of H-pyrrole nitrogens is 3. The van der Waals surface area contributed by atoms with Crippen molar-refractivity contribution < 1.29 is 28.6 Å². The van der Waals surface area contributed by atoms with E-state index in [2.05, 4.69) is 105 Å². The van der Waals surface area contributed by atoms with Crippen molar-refractivity contribution in [1.82, 2.24) is 44.6 Å². The first-order valence-electron chi connectivity index (χ1n) is 29.3. The van der Waals surface area contributed by atoms with E-state index in [1.165, 1.54) is 51.1 Å². The molecule has 81 heavy (non-hydrogen) atoms. The number of aromatic amines is 3. The molecule has 9 heterocycles. The minimum Gasteiger partial charge on any atom is -0.384 e. The Morgan fingerprint density at radius 1 is 0.506 bits per heavy atom. The summed E-state index contributed by atoms with van der Waals surface area (Å²) in [6, 6.07) is 7.61. The molecule has 3 aliphatic carbocycles. The van der Waals surface area contributed by atoms with Gasteiger partial charge in [-0.1, -0.05) is 19.7 Å². The molecule has 6 aliphatic rings. The van der Waals surface area contributed by atoms with Crippen LogP contribution in [0, 0.1) is 17.8 Å². The molecule has 0 bridgehead atoms. The van der Waals surface area contributed by atoms with Crippen molar-refractivity contribution in [2.45, 2.75) is 133 Å². The lowest BCUT2D eigenvalue weighted by Gasteiger charge is -2.38. The molecule has 18 nitrogen and oxygen atoms in total. The fourth-order valence-corrected chi connectivity index (χ4v) is 13.2. The molecular weight excluding hydrogens is 1020 g/mol. The molecule has 18 heteroatoms. The summed E-state index contributed by atoms with van der Waals surface area (Å²) in [6.07, 6.45) is 25.6. The number of anilines is 3. The van der Waals surface area contributed by atoms with Gasteiger partial charge in [0, 0.05) is 167 Å². The number of nitrogens with one attached hydrogen (secondary N) is 6. The van der Waals surface area contributed by atoms with E-state index in [0.717, 1.165) is 112 Å². The average Bonchev–Trinajstić information content (AvgIpc) is 4.60. The largest absolute Gasteiger partial charge is 0.384 e. The molecule has 12 atom stereocenters. The highest BCUT2D eigenvalue weighted by atomic mass is 16.5. The van der Waals surface area contributed by atoms with Gasteiger partial charge in [-0.2, -0.15) is 0 Å². The van der Waals surface area contributed by atoms with Gasteiger partial charge in [-0.3, -0.25) is 14.4 Å². The smallest absolute Gasteiger partial charge is 0.246 e. The fourth-order valence-electron chi connectivity index (χ4n) is 13.2. The lowest BCUT2D eigenvalue weighted by atomic mass is 9.98. The summed E-state index contributed by atoms with van der Waals surface area (Å²) in [5, 5.41) is 14.6. The number of carbonyl (C=O) groups excluding carboxylic acids is 3. The molecule has 6 N–H and O–H groups in total. The van der Waals surface area contributed by atoms with Crippen LogP contribution in [0.5, 0.6) is 0 Å². The van der Waals surface area contributed by atoms with Gasteiger partial charge < -0.3 is 59.8 Å². The van der Waals surface area contributed by atoms with E-state index in [1.807, 2.05) is 51.5 Å². The SMILES string of the molecule is C=CC(=O)N1C[C@H](Nc2ccnc3[nH]cc(C4CC4COC)c23)CC[C@@H]1C.C=CC(=O)N1C[C@H](Nc2ccnc3[nH]cc([C@@H]4C[C@H]4COC)c23)CC[C@@H]1C.C=CC(=O)N1C[C@H](Nc2ccnc3[nH]cc([C@H]4C[C@@H]4COC)c23)CC[C@@H]1C. The second kappa shape index (κ2) is 25.4. The van der Waals surface area contributed by atoms with Crippen LogP contribution in [0.15, 0.2) is 93.3 Å². The summed E-state index contributed by atoms with van der Waals surface area (Å²) < 4.78 is 16.0. The van der Waals surface area contributed by atoms with Crippen molar-refractivity contribution in [3.8, 4) is 0 Å². The number of rotatable bonds is 18. The molecule has 3 aliphatic heterocycles. The van der Waals surface area contributed by atoms with Gasteiger partial charge in [0.15, 0.2) is 0 Å². The number of nitrogens with zero attached hydrogens (tertiary/aromatic N) is 6. The van der Waals surface area contributed by atoms with Crippen LogP contribution >= 0.6 is 0 Å². The molecule has 432 valence electrons. The van der Waals surface area contributed by atoms with Gasteiger partial charge in [0.25, 0.3) is 0 Å². The number of likely N-dealkylation sites (tertiary alicyclic amines) is 3. The summed E-state index contributed by atoms with van der Waals surface area (Å²) in [5.74, 6) is 3.43. The second-order valence-corrected chi connectivity index (χ2v) is 23.5. The molecule has 3 saturated carbocycles. The molecule has 0 spiro atoms. The number of hydrogen-bond donors (Lipinski definition) is 6. The molecule has 12 rings (SSSR count). The minimum atomic E-state index is 0.0107. The number of methoxy groups -OCH3 is 3. The van der Waals surface area contributed by atoms with Gasteiger partial charge in [0.1, 0.15) is 16.9 Å². The van der Waals surface area contributed by atoms with Gasteiger partial charge in [-0.05, 0) is 167 Å². The highest BCUT2D eigenvalue weighted by Gasteiger charge is 2.43. The molecular formula is C63H84N12O6. The molecule has 3 amide bonds. The zero-order valence-corrected chi connectivity index (χ0v) is 48.2. The molecule has 3 saturated heterocycles. The Labute approximate surface area is 476 Å². The van der Waals surface area contributed by atoms with E-state index in [0.29, 0.717) is 55.1 Å². The van der Waals surface area contributed by atoms with Crippen molar-refractivity contribution in [2.24, 2.45) is 17.8 Å². The predicted molar refractivity (Wildman–Crippen MR) is 321 cm³/mol. The highest BCUT2D eigenvalue weighted by molar-refractivity contribution is 5.96. The quantitative estimate of drug-likeness (QED) is 0.0444. The maximum Gasteiger partial charge on any atom is 0.246 e. The van der Waals surface area contributed by atoms with Crippen LogP contribution in [0.4, 0.5) is 17.1 Å². The van der Waals surface area contributed by atoms with Gasteiger partial charge in [0.05, 0.1) is 0 Å². The summed E-state index contributed by atoms with van der Waals surface area (Å²) >= 11 is 0. The Kier molecular flexibility index (Phi) is 18.0. The first-order valence-corrected chi connectivity index (χ1v) is 29.3. The Balaban J connectivity index is 0.000000136. The third-order valence-electron chi connectivity index (χ3n) is 18.0. The zero-order valence-electron chi connectivity index (χ0n) is 48.2. The van der Waals surface area contributed by atoms with E-state index >= 15 is 0 Å². The number of ether oxygens (including phenoxy) is 3. The van der Waals surface area contributed by atoms with Crippen LogP contribution in [0.25, 0.3) is 33.1 Å². The van der Waals surface area contributed by atoms with E-state index in [-0.39, 0.29) is 54.0 Å². The third kappa shape index (κ3) is 12.7. The Hall–Kier alpha value is -7.02. The fraction of sp³-hybridized carbons (Fsp3) is 0.524. The molecule has 6 aromatic heterocycles. The standard InChI is InChI=1S/3C21H28N4O2/c3*1-4-19(26)25-11-15(6-5-13(25)2)24-18-7-8-22-21-20(18)17(10-23-21)16-9-14(16)12-27-3/h3*4,7-8,10,13-16H,1,5-6,9,11-12H2,2-3H3,(H2,22,23,24)/t13-,14?,15+,16?;13-,14+,15+,16-;13-,14-,15+,16+/m000/s1. The normalized spacial score (nSPS) is 27.6.